The van der Waals surface area contributed by atoms with Gasteiger partial charge >= 0.3 is 0 Å². The van der Waals surface area contributed by atoms with Crippen molar-refractivity contribution in [1.82, 2.24) is 25.5 Å². The molecule has 0 aliphatic carbocycles. The van der Waals surface area contributed by atoms with Gasteiger partial charge in [0.2, 0.25) is 5.82 Å². The molecule has 0 radical (unpaired) electrons. The summed E-state index contributed by atoms with van der Waals surface area (Å²) < 4.78 is 30.1. The number of aliphatic hydroxyl groups is 1. The second-order valence-corrected chi connectivity index (χ2v) is 7.79. The Morgan fingerprint density at radius 3 is 2.06 bits per heavy atom. The molecule has 0 bridgehead atoms. The molecule has 1 heterocycles. The Hall–Kier alpha value is -3.91. The standard InChI is InChI=1S/C26H27F2N5O/c1-6-19(25-29-31-32-30-25)16-24(17(3)4)33(7-2)18(5)26(34,20-12-8-10-14-22(20)27)21-13-9-11-15-23(21)28/h6,8-16,34H,1,5,7H2,2-4H3,(H,29,30,31,32)/b19-16+. The van der Waals surface area contributed by atoms with E-state index in [0.717, 1.165) is 5.57 Å². The SMILES string of the molecule is C=C/C(=C\C(=C(C)C)N(CC)C(=C)C(O)(c1ccccc1F)c1ccccc1F)c1nn[nH]n1. The fourth-order valence-electron chi connectivity index (χ4n) is 3.81. The van der Waals surface area contributed by atoms with E-state index in [0.29, 0.717) is 23.6 Å². The lowest BCUT2D eigenvalue weighted by atomic mass is 9.82. The van der Waals surface area contributed by atoms with E-state index in [1.165, 1.54) is 36.4 Å². The molecule has 3 aromatic rings. The molecule has 0 unspecified atom stereocenters. The summed E-state index contributed by atoms with van der Waals surface area (Å²) in [5, 5.41) is 26.1. The van der Waals surface area contributed by atoms with Crippen LogP contribution in [0.2, 0.25) is 0 Å². The van der Waals surface area contributed by atoms with Gasteiger partial charge in [-0.3, -0.25) is 0 Å². The van der Waals surface area contributed by atoms with Gasteiger partial charge in [-0.2, -0.15) is 5.21 Å². The molecule has 0 atom stereocenters. The lowest BCUT2D eigenvalue weighted by Crippen LogP contribution is -2.40. The first-order valence-electron chi connectivity index (χ1n) is 10.7. The minimum absolute atomic E-state index is 0.0779. The van der Waals surface area contributed by atoms with Crippen molar-refractivity contribution in [3.05, 3.63) is 119 Å². The van der Waals surface area contributed by atoms with Crippen LogP contribution in [0.25, 0.3) is 5.57 Å². The monoisotopic (exact) mass is 463 g/mol. The number of halogens is 2. The Kier molecular flexibility index (Phi) is 7.53. The van der Waals surface area contributed by atoms with Crippen LogP contribution in [0.4, 0.5) is 8.78 Å². The Morgan fingerprint density at radius 1 is 1.09 bits per heavy atom. The Labute approximate surface area is 197 Å². The molecule has 0 saturated heterocycles. The number of aromatic nitrogens is 4. The number of allylic oxidation sites excluding steroid dienone is 4. The molecule has 0 aliphatic rings. The zero-order valence-electron chi connectivity index (χ0n) is 19.4. The van der Waals surface area contributed by atoms with E-state index in [9.17, 15) is 5.11 Å². The molecule has 2 N–H and O–H groups in total. The van der Waals surface area contributed by atoms with E-state index < -0.39 is 17.2 Å². The number of rotatable bonds is 9. The van der Waals surface area contributed by atoms with E-state index in [1.54, 1.807) is 29.2 Å². The van der Waals surface area contributed by atoms with Crippen LogP contribution < -0.4 is 0 Å². The first-order chi connectivity index (χ1) is 16.2. The van der Waals surface area contributed by atoms with Crippen LogP contribution >= 0.6 is 0 Å². The van der Waals surface area contributed by atoms with E-state index >= 15 is 8.78 Å². The van der Waals surface area contributed by atoms with Crippen LogP contribution in [-0.2, 0) is 5.60 Å². The summed E-state index contributed by atoms with van der Waals surface area (Å²) in [6, 6.07) is 11.5. The number of likely N-dealkylation sites (N-methyl/N-ethyl adjacent to an activating group) is 1. The van der Waals surface area contributed by atoms with Gasteiger partial charge in [0.05, 0.1) is 5.70 Å². The molecule has 1 aromatic heterocycles. The predicted molar refractivity (Wildman–Crippen MR) is 128 cm³/mol. The Bertz CT molecular complexity index is 1200. The Morgan fingerprint density at radius 2 is 1.65 bits per heavy atom. The third kappa shape index (κ3) is 4.58. The molecule has 0 aliphatic heterocycles. The largest absolute Gasteiger partial charge is 0.374 e. The average molecular weight is 464 g/mol. The first-order valence-corrected chi connectivity index (χ1v) is 10.7. The summed E-state index contributed by atoms with van der Waals surface area (Å²) in [5.41, 5.74) is -0.272. The van der Waals surface area contributed by atoms with Gasteiger partial charge < -0.3 is 10.0 Å². The lowest BCUT2D eigenvalue weighted by Gasteiger charge is -2.39. The number of benzene rings is 2. The van der Waals surface area contributed by atoms with Gasteiger partial charge in [-0.25, -0.2) is 8.78 Å². The second-order valence-electron chi connectivity index (χ2n) is 7.79. The van der Waals surface area contributed by atoms with Gasteiger partial charge in [-0.1, -0.05) is 61.2 Å². The molecule has 6 nitrogen and oxygen atoms in total. The summed E-state index contributed by atoms with van der Waals surface area (Å²) >= 11 is 0. The maximum absolute atomic E-state index is 15.0. The highest BCUT2D eigenvalue weighted by molar-refractivity contribution is 5.71. The third-order valence-electron chi connectivity index (χ3n) is 5.51. The van der Waals surface area contributed by atoms with Gasteiger partial charge in [0.1, 0.15) is 11.6 Å². The van der Waals surface area contributed by atoms with E-state index in [2.05, 4.69) is 33.8 Å². The second kappa shape index (κ2) is 10.4. The molecule has 34 heavy (non-hydrogen) atoms. The molecule has 176 valence electrons. The van der Waals surface area contributed by atoms with E-state index in [4.69, 9.17) is 0 Å². The highest BCUT2D eigenvalue weighted by Gasteiger charge is 2.42. The number of hydrogen-bond acceptors (Lipinski definition) is 5. The van der Waals surface area contributed by atoms with Crippen molar-refractivity contribution < 1.29 is 13.9 Å². The van der Waals surface area contributed by atoms with Gasteiger partial charge in [0.15, 0.2) is 5.60 Å². The number of aromatic amines is 1. The van der Waals surface area contributed by atoms with Crippen molar-refractivity contribution in [2.75, 3.05) is 6.54 Å². The molecule has 0 saturated carbocycles. The summed E-state index contributed by atoms with van der Waals surface area (Å²) in [6.45, 7) is 13.9. The van der Waals surface area contributed by atoms with Crippen LogP contribution in [0.15, 0.2) is 90.8 Å². The predicted octanol–water partition coefficient (Wildman–Crippen LogP) is 5.11. The zero-order valence-corrected chi connectivity index (χ0v) is 19.4. The quantitative estimate of drug-likeness (QED) is 0.431. The smallest absolute Gasteiger partial charge is 0.204 e. The van der Waals surface area contributed by atoms with Crippen LogP contribution in [0, 0.1) is 11.6 Å². The van der Waals surface area contributed by atoms with Crippen LogP contribution in [0.1, 0.15) is 37.7 Å². The molecular weight excluding hydrogens is 436 g/mol. The van der Waals surface area contributed by atoms with Gasteiger partial charge in [-0.05, 0) is 44.2 Å². The summed E-state index contributed by atoms with van der Waals surface area (Å²) in [7, 11) is 0. The third-order valence-corrected chi connectivity index (χ3v) is 5.51. The fraction of sp³-hybridized carbons (Fsp3) is 0.192. The molecule has 0 spiro atoms. The Balaban J connectivity index is 2.23. The van der Waals surface area contributed by atoms with Crippen molar-refractivity contribution in [3.63, 3.8) is 0 Å². The number of tetrazole rings is 1. The van der Waals surface area contributed by atoms with Gasteiger partial charge in [0.25, 0.3) is 0 Å². The highest BCUT2D eigenvalue weighted by Crippen LogP contribution is 2.41. The number of nitrogens with one attached hydrogen (secondary N) is 1. The zero-order chi connectivity index (χ0) is 24.9. The van der Waals surface area contributed by atoms with E-state index in [-0.39, 0.29) is 16.8 Å². The maximum atomic E-state index is 15.0. The summed E-state index contributed by atoms with van der Waals surface area (Å²) in [6.07, 6.45) is 3.34. The van der Waals surface area contributed by atoms with Crippen molar-refractivity contribution in [2.24, 2.45) is 0 Å². The molecular formula is C26H27F2N5O. The van der Waals surface area contributed by atoms with Crippen LogP contribution in [0.3, 0.4) is 0 Å². The minimum Gasteiger partial charge on any atom is -0.374 e. The lowest BCUT2D eigenvalue weighted by molar-refractivity contribution is 0.0846. The van der Waals surface area contributed by atoms with Crippen molar-refractivity contribution in [2.45, 2.75) is 26.4 Å². The normalized spacial score (nSPS) is 11.8. The van der Waals surface area contributed by atoms with Crippen molar-refractivity contribution >= 4 is 5.57 Å². The van der Waals surface area contributed by atoms with Gasteiger partial charge in [-0.15, -0.1) is 10.2 Å². The van der Waals surface area contributed by atoms with E-state index in [1.807, 2.05) is 20.8 Å². The first kappa shape index (κ1) is 24.7. The molecule has 0 fully saturated rings. The molecule has 3 rings (SSSR count). The van der Waals surface area contributed by atoms with Crippen LogP contribution in [0.5, 0.6) is 0 Å². The number of nitrogens with zero attached hydrogens (tertiary/aromatic N) is 4. The number of H-pyrrole nitrogens is 1. The van der Waals surface area contributed by atoms with Crippen molar-refractivity contribution in [3.8, 4) is 0 Å². The van der Waals surface area contributed by atoms with Gasteiger partial charge in [0, 0.05) is 28.9 Å². The summed E-state index contributed by atoms with van der Waals surface area (Å²) in [5.74, 6) is -1.04. The van der Waals surface area contributed by atoms with Crippen molar-refractivity contribution in [1.29, 1.82) is 0 Å². The highest BCUT2D eigenvalue weighted by atomic mass is 19.1. The molecule has 2 aromatic carbocycles. The fourth-order valence-corrected chi connectivity index (χ4v) is 3.81. The molecule has 8 heteroatoms. The summed E-state index contributed by atoms with van der Waals surface area (Å²) in [4.78, 5) is 1.71. The number of hydrogen-bond donors (Lipinski definition) is 2. The maximum Gasteiger partial charge on any atom is 0.204 e. The molecule has 0 amide bonds. The topological polar surface area (TPSA) is 77.9 Å². The van der Waals surface area contributed by atoms with Crippen LogP contribution in [-0.4, -0.2) is 37.2 Å². The minimum atomic E-state index is -2.19. The average Bonchev–Trinajstić information content (AvgIpc) is 3.36.